The van der Waals surface area contributed by atoms with Gasteiger partial charge in [0.2, 0.25) is 12.7 Å². The van der Waals surface area contributed by atoms with Crippen LogP contribution in [-0.2, 0) is 28.2 Å². The summed E-state index contributed by atoms with van der Waals surface area (Å²) in [6, 6.07) is 6.38. The number of halogens is 1. The summed E-state index contributed by atoms with van der Waals surface area (Å²) in [5, 5.41) is 27.1. The topological polar surface area (TPSA) is 275 Å². The number of piperazine rings is 1. The van der Waals surface area contributed by atoms with E-state index in [0.717, 1.165) is 9.42 Å². The van der Waals surface area contributed by atoms with Crippen LogP contribution in [0, 0.1) is 28.1 Å². The summed E-state index contributed by atoms with van der Waals surface area (Å²) in [7, 11) is -4.79. The molecule has 1 aliphatic rings. The largest absolute Gasteiger partial charge is 0.469 e. The van der Waals surface area contributed by atoms with Crippen molar-refractivity contribution < 1.29 is 42.7 Å². The van der Waals surface area contributed by atoms with Crippen molar-refractivity contribution in [3.05, 3.63) is 34.6 Å². The smallest absolute Gasteiger partial charge is 0.428 e. The number of esters is 1. The molecule has 1 aliphatic heterocycles. The Bertz CT molecular complexity index is 1970. The lowest BCUT2D eigenvalue weighted by atomic mass is 9.91. The van der Waals surface area contributed by atoms with Gasteiger partial charge in [0.25, 0.3) is 5.95 Å². The van der Waals surface area contributed by atoms with Gasteiger partial charge in [-0.3, -0.25) is 19.0 Å². The van der Waals surface area contributed by atoms with Crippen LogP contribution in [-0.4, -0.2) is 104 Å². The van der Waals surface area contributed by atoms with Gasteiger partial charge in [-0.25, -0.2) is 19.2 Å². The number of hydrogen-bond acceptors (Lipinski definition) is 15. The van der Waals surface area contributed by atoms with Gasteiger partial charge >= 0.3 is 19.9 Å². The number of amides is 2. The zero-order chi connectivity index (χ0) is 38.4. The van der Waals surface area contributed by atoms with Gasteiger partial charge in [-0.05, 0) is 31.4 Å². The minimum Gasteiger partial charge on any atom is -0.428 e. The second-order valence-corrected chi connectivity index (χ2v) is 13.9. The maximum absolute atomic E-state index is 14.0. The number of ether oxygens (including phenoxy) is 2. The normalized spacial score (nSPS) is 14.3. The molecule has 0 saturated carbocycles. The van der Waals surface area contributed by atoms with E-state index in [2.05, 4.69) is 31.0 Å². The van der Waals surface area contributed by atoms with Crippen molar-refractivity contribution in [3.8, 4) is 12.1 Å². The van der Waals surface area contributed by atoms with Crippen LogP contribution in [0.15, 0.2) is 18.3 Å². The van der Waals surface area contributed by atoms with Crippen LogP contribution in [0.3, 0.4) is 0 Å². The molecule has 3 heterocycles. The molecule has 2 aromatic heterocycles. The fourth-order valence-electron chi connectivity index (χ4n) is 5.16. The molecule has 1 fully saturated rings. The average molecular weight is 762 g/mol. The summed E-state index contributed by atoms with van der Waals surface area (Å²) in [6.07, 6.45) is -0.286. The molecule has 1 saturated heterocycles. The molecular weight excluding hydrogens is 725 g/mol. The molecule has 278 valence electrons. The first-order valence-electron chi connectivity index (χ1n) is 15.7. The van der Waals surface area contributed by atoms with Crippen LogP contribution in [0.1, 0.15) is 45.4 Å². The lowest BCUT2D eigenvalue weighted by Crippen LogP contribution is -2.53. The van der Waals surface area contributed by atoms with Crippen molar-refractivity contribution in [3.63, 3.8) is 0 Å². The number of nitrogens with two attached hydrogens (primary N) is 1. The van der Waals surface area contributed by atoms with Crippen LogP contribution in [0.2, 0.25) is 5.02 Å². The van der Waals surface area contributed by atoms with Gasteiger partial charge in [-0.15, -0.1) is 5.10 Å². The third-order valence-electron chi connectivity index (χ3n) is 7.86. The Morgan fingerprint density at radius 1 is 1.17 bits per heavy atom. The number of rotatable bonds is 14. The minimum atomic E-state index is -4.79. The van der Waals surface area contributed by atoms with Crippen LogP contribution in [0.4, 0.5) is 27.9 Å². The van der Waals surface area contributed by atoms with E-state index in [1.807, 2.05) is 15.9 Å². The van der Waals surface area contributed by atoms with Crippen molar-refractivity contribution in [1.29, 1.82) is 10.5 Å². The van der Waals surface area contributed by atoms with Gasteiger partial charge in [0.1, 0.15) is 6.07 Å². The Morgan fingerprint density at radius 2 is 1.87 bits per heavy atom. The highest BCUT2D eigenvalue weighted by molar-refractivity contribution is 7.46. The third kappa shape index (κ3) is 9.62. The number of nitrogens with one attached hydrogen (secondary N) is 1. The molecule has 1 aromatic carbocycles. The lowest BCUT2D eigenvalue weighted by molar-refractivity contribution is -0.154. The highest BCUT2D eigenvalue weighted by Gasteiger charge is 2.32. The number of aromatic nitrogens is 4. The van der Waals surface area contributed by atoms with Crippen LogP contribution in [0.5, 0.6) is 0 Å². The average Bonchev–Trinajstić information content (AvgIpc) is 3.51. The standard InChI is InChI=1S/C30H37ClN11O9P/c1-5-35-26-27-36-15-20(14-33)42(27)38-28(37-26)41(29(45)50-17-49-23(43)12-30(3,4)16-51-52(46,47)48)22-11-19(13-32)10-21(24(22)31)40-8-6-39(7-9-40)18(2)25(34)44/h10-11,15,18H,5-9,12,16-17H2,1-4H3,(H2,34,44)(H,35,37,38)(H2,46,47,48). The second-order valence-electron chi connectivity index (χ2n) is 12.3. The molecule has 2 amide bonds. The van der Waals surface area contributed by atoms with E-state index in [1.54, 1.807) is 19.9 Å². The second kappa shape index (κ2) is 16.5. The van der Waals surface area contributed by atoms with E-state index < -0.39 is 50.6 Å². The molecule has 0 bridgehead atoms. The molecule has 4 rings (SSSR count). The number of phosphoric ester groups is 1. The van der Waals surface area contributed by atoms with Crippen molar-refractivity contribution in [2.75, 3.05) is 61.2 Å². The number of hydrogen-bond donors (Lipinski definition) is 4. The Labute approximate surface area is 302 Å². The Kier molecular flexibility index (Phi) is 12.6. The summed E-state index contributed by atoms with van der Waals surface area (Å²) in [4.78, 5) is 69.6. The fourth-order valence-corrected chi connectivity index (χ4v) is 5.99. The number of benzene rings is 1. The van der Waals surface area contributed by atoms with Crippen LogP contribution in [0.25, 0.3) is 5.65 Å². The van der Waals surface area contributed by atoms with Gasteiger partial charge in [0, 0.05) is 32.7 Å². The number of nitrogens with zero attached hydrogens (tertiary/aromatic N) is 9. The van der Waals surface area contributed by atoms with Gasteiger partial charge < -0.3 is 35.2 Å². The monoisotopic (exact) mass is 761 g/mol. The first-order valence-corrected chi connectivity index (χ1v) is 17.6. The zero-order valence-electron chi connectivity index (χ0n) is 28.6. The van der Waals surface area contributed by atoms with Gasteiger partial charge in [-0.1, -0.05) is 25.4 Å². The number of anilines is 4. The molecule has 1 atom stereocenters. The summed E-state index contributed by atoms with van der Waals surface area (Å²) < 4.78 is 27.2. The van der Waals surface area contributed by atoms with E-state index in [9.17, 15) is 29.5 Å². The maximum atomic E-state index is 14.0. The predicted molar refractivity (Wildman–Crippen MR) is 184 cm³/mol. The number of carbonyl (C=O) groups is 3. The highest BCUT2D eigenvalue weighted by atomic mass is 35.5. The molecule has 0 aliphatic carbocycles. The van der Waals surface area contributed by atoms with Crippen molar-refractivity contribution in [2.45, 2.75) is 40.2 Å². The molecule has 0 radical (unpaired) electrons. The number of carbonyl (C=O) groups excluding carboxylic acids is 3. The Morgan fingerprint density at radius 3 is 2.46 bits per heavy atom. The van der Waals surface area contributed by atoms with E-state index in [0.29, 0.717) is 38.4 Å². The van der Waals surface area contributed by atoms with Crippen LogP contribution >= 0.6 is 19.4 Å². The quantitative estimate of drug-likeness (QED) is 0.104. The Balaban J connectivity index is 1.71. The number of primary amides is 1. The van der Waals surface area contributed by atoms with E-state index in [1.165, 1.54) is 26.1 Å². The molecule has 5 N–H and O–H groups in total. The van der Waals surface area contributed by atoms with Crippen LogP contribution < -0.4 is 20.9 Å². The van der Waals surface area contributed by atoms with Gasteiger partial charge in [0.15, 0.2) is 17.2 Å². The number of imidazole rings is 1. The Hall–Kier alpha value is -5.08. The van der Waals surface area contributed by atoms with E-state index in [-0.39, 0.29) is 45.8 Å². The van der Waals surface area contributed by atoms with E-state index in [4.69, 9.17) is 36.6 Å². The van der Waals surface area contributed by atoms with Gasteiger partial charge in [-0.2, -0.15) is 20.0 Å². The van der Waals surface area contributed by atoms with Gasteiger partial charge in [0.05, 0.1) is 53.3 Å². The molecule has 1 unspecified atom stereocenters. The summed E-state index contributed by atoms with van der Waals surface area (Å²) in [5.41, 5.74) is 5.00. The number of nitriles is 2. The summed E-state index contributed by atoms with van der Waals surface area (Å²) in [6.45, 7) is 7.15. The molecule has 52 heavy (non-hydrogen) atoms. The van der Waals surface area contributed by atoms with Crippen molar-refractivity contribution >= 4 is 66.2 Å². The zero-order valence-corrected chi connectivity index (χ0v) is 30.3. The van der Waals surface area contributed by atoms with Crippen molar-refractivity contribution in [1.82, 2.24) is 24.5 Å². The highest BCUT2D eigenvalue weighted by Crippen LogP contribution is 2.41. The molecule has 22 heteroatoms. The SMILES string of the molecule is CCNc1nc(N(C(=O)OCOC(=O)CC(C)(C)COP(=O)(O)O)c2cc(C#N)cc(N3CCN(C(C)C(N)=O)CC3)c2Cl)nn2c(C#N)cnc12. The first-order chi connectivity index (χ1) is 24.5. The summed E-state index contributed by atoms with van der Waals surface area (Å²) >= 11 is 7.00. The minimum absolute atomic E-state index is 0.00372. The van der Waals surface area contributed by atoms with Crippen molar-refractivity contribution in [2.24, 2.45) is 11.1 Å². The predicted octanol–water partition coefficient (Wildman–Crippen LogP) is 2.25. The number of fused-ring (bicyclic) bond motifs is 1. The van der Waals surface area contributed by atoms with E-state index >= 15 is 0 Å². The third-order valence-corrected chi connectivity index (χ3v) is 8.71. The first kappa shape index (κ1) is 39.7. The molecular formula is C30H37ClN11O9P. The number of phosphoric acid groups is 1. The molecule has 0 spiro atoms. The maximum Gasteiger partial charge on any atom is 0.469 e. The molecule has 3 aromatic rings. The summed E-state index contributed by atoms with van der Waals surface area (Å²) in [5.74, 6) is -1.55. The fraction of sp³-hybridized carbons (Fsp3) is 0.467. The lowest BCUT2D eigenvalue weighted by Gasteiger charge is -2.38. The molecule has 20 nitrogen and oxygen atoms in total.